The van der Waals surface area contributed by atoms with E-state index < -0.39 is 0 Å². The lowest BCUT2D eigenvalue weighted by Gasteiger charge is -2.19. The number of anilines is 1. The van der Waals surface area contributed by atoms with E-state index >= 15 is 0 Å². The monoisotopic (exact) mass is 514 g/mol. The maximum atomic E-state index is 13.0. The van der Waals surface area contributed by atoms with E-state index in [9.17, 15) is 9.59 Å². The summed E-state index contributed by atoms with van der Waals surface area (Å²) in [5, 5.41) is 17.8. The maximum absolute atomic E-state index is 13.0. The van der Waals surface area contributed by atoms with Gasteiger partial charge in [-0.15, -0.1) is 5.10 Å². The average molecular weight is 515 g/mol. The highest BCUT2D eigenvalue weighted by Gasteiger charge is 2.19. The fourth-order valence-corrected chi connectivity index (χ4v) is 4.37. The Morgan fingerprint density at radius 3 is 2.92 bits per heavy atom. The third-order valence-electron chi connectivity index (χ3n) is 5.96. The van der Waals surface area contributed by atoms with E-state index in [-0.39, 0.29) is 17.9 Å². The lowest BCUT2D eigenvalue weighted by atomic mass is 10.0. The number of carbonyl (C=O) groups excluding carboxylic acids is 2. The van der Waals surface area contributed by atoms with Gasteiger partial charge in [-0.25, -0.2) is 0 Å². The molecule has 2 N–H and O–H groups in total. The van der Waals surface area contributed by atoms with Crippen LogP contribution >= 0.6 is 11.6 Å². The summed E-state index contributed by atoms with van der Waals surface area (Å²) in [6, 6.07) is 12.3. The van der Waals surface area contributed by atoms with E-state index in [0.29, 0.717) is 46.9 Å². The number of fused-ring (bicyclic) bond motifs is 4. The summed E-state index contributed by atoms with van der Waals surface area (Å²) < 4.78 is 1.50. The van der Waals surface area contributed by atoms with Crippen LogP contribution in [0.5, 0.6) is 0 Å². The molecule has 4 aromatic rings. The van der Waals surface area contributed by atoms with Crippen molar-refractivity contribution in [3.63, 3.8) is 0 Å². The van der Waals surface area contributed by atoms with Crippen molar-refractivity contribution in [3.05, 3.63) is 83.5 Å². The van der Waals surface area contributed by atoms with Crippen molar-refractivity contribution in [1.29, 1.82) is 0 Å². The number of hydrogen-bond donors (Lipinski definition) is 2. The number of tetrazole rings is 1. The van der Waals surface area contributed by atoms with Gasteiger partial charge >= 0.3 is 0 Å². The number of amides is 2. The Hall–Kier alpha value is -4.44. The van der Waals surface area contributed by atoms with Crippen LogP contribution in [0.25, 0.3) is 23.0 Å². The molecule has 0 fully saturated rings. The Kier molecular flexibility index (Phi) is 7.27. The summed E-state index contributed by atoms with van der Waals surface area (Å²) in [6.07, 6.45) is 10.4. The molecule has 1 atom stereocenters. The minimum absolute atomic E-state index is 0.0625. The number of rotatable bonds is 4. The highest BCUT2D eigenvalue weighted by molar-refractivity contribution is 6.30. The van der Waals surface area contributed by atoms with Crippen molar-refractivity contribution < 1.29 is 9.59 Å². The molecule has 2 amide bonds. The normalized spacial score (nSPS) is 15.8. The SMILES string of the molecule is O=C(C=Cc1cc(Cl)ccc1-n1cnnn1)N[C@H]1CCCCC(=O)Nc2cccnc2-c2ccnc1c2. The van der Waals surface area contributed by atoms with Crippen LogP contribution in [0.3, 0.4) is 0 Å². The Balaban J connectivity index is 1.41. The summed E-state index contributed by atoms with van der Waals surface area (Å²) >= 11 is 6.18. The minimum Gasteiger partial charge on any atom is -0.344 e. The van der Waals surface area contributed by atoms with Gasteiger partial charge in [0.1, 0.15) is 6.33 Å². The molecule has 0 saturated heterocycles. The van der Waals surface area contributed by atoms with Crippen molar-refractivity contribution >= 4 is 35.2 Å². The van der Waals surface area contributed by atoms with Gasteiger partial charge in [0, 0.05) is 41.0 Å². The quantitative estimate of drug-likeness (QED) is 0.391. The fraction of sp³-hybridized carbons (Fsp3) is 0.192. The summed E-state index contributed by atoms with van der Waals surface area (Å²) in [7, 11) is 0. The van der Waals surface area contributed by atoms with Gasteiger partial charge < -0.3 is 10.6 Å². The smallest absolute Gasteiger partial charge is 0.244 e. The van der Waals surface area contributed by atoms with E-state index in [1.165, 1.54) is 17.1 Å². The zero-order valence-corrected chi connectivity index (χ0v) is 20.5. The molecular weight excluding hydrogens is 492 g/mol. The van der Waals surface area contributed by atoms with Crippen LogP contribution in [0, 0.1) is 0 Å². The van der Waals surface area contributed by atoms with Gasteiger partial charge in [0.15, 0.2) is 0 Å². The van der Waals surface area contributed by atoms with Crippen LogP contribution in [-0.4, -0.2) is 42.0 Å². The number of hydrogen-bond acceptors (Lipinski definition) is 7. The number of halogens is 1. The summed E-state index contributed by atoms with van der Waals surface area (Å²) in [6.45, 7) is 0. The van der Waals surface area contributed by atoms with Gasteiger partial charge in [-0.3, -0.25) is 19.6 Å². The van der Waals surface area contributed by atoms with Crippen LogP contribution in [0.1, 0.15) is 43.0 Å². The van der Waals surface area contributed by atoms with Crippen molar-refractivity contribution in [3.8, 4) is 16.9 Å². The highest BCUT2D eigenvalue weighted by atomic mass is 35.5. The molecule has 5 rings (SSSR count). The molecular formula is C26H23ClN8O2. The van der Waals surface area contributed by atoms with E-state index in [4.69, 9.17) is 11.6 Å². The second-order valence-electron chi connectivity index (χ2n) is 8.51. The van der Waals surface area contributed by atoms with Crippen LogP contribution < -0.4 is 10.6 Å². The van der Waals surface area contributed by atoms with Crippen LogP contribution in [0.15, 0.2) is 67.3 Å². The Morgan fingerprint density at radius 1 is 1.14 bits per heavy atom. The van der Waals surface area contributed by atoms with Crippen molar-refractivity contribution in [2.75, 3.05) is 5.32 Å². The number of pyridine rings is 2. The Bertz CT molecular complexity index is 1450. The highest BCUT2D eigenvalue weighted by Crippen LogP contribution is 2.29. The largest absolute Gasteiger partial charge is 0.344 e. The number of benzene rings is 1. The van der Waals surface area contributed by atoms with E-state index in [2.05, 4.69) is 36.1 Å². The number of nitrogens with zero attached hydrogens (tertiary/aromatic N) is 6. The molecule has 0 spiro atoms. The third-order valence-corrected chi connectivity index (χ3v) is 6.19. The first-order chi connectivity index (χ1) is 18.1. The first kappa shape index (κ1) is 24.3. The molecule has 1 aliphatic heterocycles. The Morgan fingerprint density at radius 2 is 2.05 bits per heavy atom. The number of nitrogens with one attached hydrogen (secondary N) is 2. The first-order valence-electron chi connectivity index (χ1n) is 11.8. The molecule has 0 radical (unpaired) electrons. The third kappa shape index (κ3) is 5.87. The minimum atomic E-state index is -0.343. The maximum Gasteiger partial charge on any atom is 0.244 e. The van der Waals surface area contributed by atoms with Crippen LogP contribution in [-0.2, 0) is 9.59 Å². The summed E-state index contributed by atoms with van der Waals surface area (Å²) in [4.78, 5) is 34.5. The zero-order valence-electron chi connectivity index (χ0n) is 19.7. The molecule has 37 heavy (non-hydrogen) atoms. The topological polar surface area (TPSA) is 128 Å². The molecule has 10 nitrogen and oxygen atoms in total. The van der Waals surface area contributed by atoms with Crippen LogP contribution in [0.2, 0.25) is 5.02 Å². The second-order valence-corrected chi connectivity index (χ2v) is 8.95. The van der Waals surface area contributed by atoms with Crippen molar-refractivity contribution in [2.45, 2.75) is 31.7 Å². The van der Waals surface area contributed by atoms with Gasteiger partial charge in [0.25, 0.3) is 0 Å². The second kappa shape index (κ2) is 11.1. The molecule has 0 aliphatic carbocycles. The molecule has 1 aromatic carbocycles. The van der Waals surface area contributed by atoms with Gasteiger partial charge in [-0.2, -0.15) is 4.68 Å². The van der Waals surface area contributed by atoms with Gasteiger partial charge in [0.2, 0.25) is 11.8 Å². The van der Waals surface area contributed by atoms with Crippen LogP contribution in [0.4, 0.5) is 5.69 Å². The van der Waals surface area contributed by atoms with E-state index in [1.54, 1.807) is 42.7 Å². The summed E-state index contributed by atoms with van der Waals surface area (Å²) in [5.74, 6) is -0.351. The first-order valence-corrected chi connectivity index (χ1v) is 12.2. The molecule has 1 aliphatic rings. The molecule has 0 saturated carbocycles. The number of carbonyl (C=O) groups is 2. The standard InChI is InChI=1S/C26H23ClN8O2/c27-19-8-9-23(35-16-30-33-34-35)17(14-19)7-10-25(37)31-20-4-1-2-6-24(36)32-21-5-3-12-29-26(21)18-11-13-28-22(20)15-18/h3,5,7-16,20H,1-2,4,6H2,(H,31,37)(H,32,36)/t20-/m0/s1. The van der Waals surface area contributed by atoms with E-state index in [1.807, 2.05) is 18.2 Å². The van der Waals surface area contributed by atoms with Gasteiger partial charge in [-0.1, -0.05) is 18.0 Å². The predicted octanol–water partition coefficient (Wildman–Crippen LogP) is 4.16. The van der Waals surface area contributed by atoms with E-state index in [0.717, 1.165) is 17.7 Å². The molecule has 2 bridgehead atoms. The van der Waals surface area contributed by atoms with Gasteiger partial charge in [0.05, 0.1) is 28.8 Å². The lowest BCUT2D eigenvalue weighted by molar-refractivity contribution is -0.118. The Labute approximate surface area is 217 Å². The summed E-state index contributed by atoms with van der Waals surface area (Å²) in [5.41, 5.74) is 4.20. The van der Waals surface area contributed by atoms with Crippen molar-refractivity contribution in [1.82, 2.24) is 35.5 Å². The zero-order chi connectivity index (χ0) is 25.6. The molecule has 3 aromatic heterocycles. The van der Waals surface area contributed by atoms with Gasteiger partial charge in [-0.05, 0) is 71.8 Å². The molecule has 186 valence electrons. The molecule has 4 heterocycles. The molecule has 0 unspecified atom stereocenters. The number of aromatic nitrogens is 6. The lowest BCUT2D eigenvalue weighted by Crippen LogP contribution is -2.28. The predicted molar refractivity (Wildman–Crippen MR) is 139 cm³/mol. The van der Waals surface area contributed by atoms with Crippen molar-refractivity contribution in [2.24, 2.45) is 0 Å². The average Bonchev–Trinajstić information content (AvgIpc) is 3.44. The fourth-order valence-electron chi connectivity index (χ4n) is 4.19. The molecule has 11 heteroatoms.